The first kappa shape index (κ1) is 33.3. The van der Waals surface area contributed by atoms with E-state index >= 15 is 4.39 Å². The number of piperazine rings is 1. The van der Waals surface area contributed by atoms with Crippen molar-refractivity contribution in [3.05, 3.63) is 53.4 Å². The van der Waals surface area contributed by atoms with Gasteiger partial charge < -0.3 is 19.1 Å². The minimum Gasteiger partial charge on any atom is -0.461 e. The van der Waals surface area contributed by atoms with Crippen LogP contribution in [0.15, 0.2) is 42.6 Å². The predicted octanol–water partition coefficient (Wildman–Crippen LogP) is 6.81. The summed E-state index contributed by atoms with van der Waals surface area (Å²) in [5.74, 6) is -0.162. The van der Waals surface area contributed by atoms with Gasteiger partial charge in [0.1, 0.15) is 29.8 Å². The Morgan fingerprint density at radius 3 is 2.80 bits per heavy atom. The van der Waals surface area contributed by atoms with Crippen LogP contribution in [0.4, 0.5) is 19.4 Å². The zero-order valence-corrected chi connectivity index (χ0v) is 29.0. The molecule has 4 fully saturated rings. The third kappa shape index (κ3) is 5.69. The van der Waals surface area contributed by atoms with Crippen LogP contribution in [0.2, 0.25) is 5.02 Å². The molecule has 2 aromatic carbocycles. The van der Waals surface area contributed by atoms with Crippen molar-refractivity contribution in [2.45, 2.75) is 75.3 Å². The first-order valence-electron chi connectivity index (χ1n) is 17.6. The van der Waals surface area contributed by atoms with Crippen LogP contribution in [0, 0.1) is 5.82 Å². The summed E-state index contributed by atoms with van der Waals surface area (Å²) >= 11 is 6.64. The highest BCUT2D eigenvalue weighted by molar-refractivity contribution is 6.36. The highest BCUT2D eigenvalue weighted by Crippen LogP contribution is 2.42. The second-order valence-electron chi connectivity index (χ2n) is 14.0. The van der Waals surface area contributed by atoms with Gasteiger partial charge in [-0.1, -0.05) is 55.3 Å². The van der Waals surface area contributed by atoms with Crippen molar-refractivity contribution in [1.29, 1.82) is 0 Å². The lowest BCUT2D eigenvalue weighted by atomic mass is 9.95. The number of halogens is 3. The van der Waals surface area contributed by atoms with Gasteiger partial charge in [0.2, 0.25) is 0 Å². The van der Waals surface area contributed by atoms with Gasteiger partial charge in [0.25, 0.3) is 0 Å². The monoisotopic (exact) mass is 706 g/mol. The van der Waals surface area contributed by atoms with Crippen molar-refractivity contribution in [3.8, 4) is 17.3 Å². The molecule has 6 heterocycles. The molecule has 50 heavy (non-hydrogen) atoms. The number of alkyl halides is 1. The Balaban J connectivity index is 1.20. The molecule has 2 unspecified atom stereocenters. The molecule has 4 saturated heterocycles. The summed E-state index contributed by atoms with van der Waals surface area (Å²) in [4.78, 5) is 33.4. The van der Waals surface area contributed by atoms with Crippen LogP contribution in [-0.2, 0) is 9.47 Å². The van der Waals surface area contributed by atoms with E-state index in [0.717, 1.165) is 37.6 Å². The third-order valence-electron chi connectivity index (χ3n) is 11.0. The first-order chi connectivity index (χ1) is 24.3. The van der Waals surface area contributed by atoms with Gasteiger partial charge in [0.15, 0.2) is 5.82 Å². The molecule has 2 aromatic heterocycles. The van der Waals surface area contributed by atoms with Crippen molar-refractivity contribution in [1.82, 2.24) is 24.8 Å². The number of rotatable bonds is 9. The summed E-state index contributed by atoms with van der Waals surface area (Å²) in [7, 11) is 1.65. The zero-order valence-electron chi connectivity index (χ0n) is 28.3. The normalized spacial score (nSPS) is 26.3. The van der Waals surface area contributed by atoms with E-state index in [0.29, 0.717) is 66.3 Å². The number of hydrogen-bond acceptors (Lipinski definition) is 9. The summed E-state index contributed by atoms with van der Waals surface area (Å²) in [6, 6.07) is 10.6. The second kappa shape index (κ2) is 13.4. The van der Waals surface area contributed by atoms with Gasteiger partial charge in [-0.2, -0.15) is 9.97 Å². The molecule has 0 aliphatic carbocycles. The van der Waals surface area contributed by atoms with Crippen LogP contribution in [0.1, 0.15) is 45.4 Å². The highest BCUT2D eigenvalue weighted by atomic mass is 35.5. The number of nitrogens with zero attached hydrogens (tertiary/aromatic N) is 6. The average Bonchev–Trinajstić information content (AvgIpc) is 3.72. The summed E-state index contributed by atoms with van der Waals surface area (Å²) in [6.07, 6.45) is 4.65. The van der Waals surface area contributed by atoms with Crippen molar-refractivity contribution in [2.24, 2.45) is 0 Å². The number of carbonyl (C=O) groups is 1. The lowest BCUT2D eigenvalue weighted by Crippen LogP contribution is -2.57. The molecular formula is C37H41ClF2N6O4. The molecule has 4 aromatic rings. The maximum atomic E-state index is 16.9. The van der Waals surface area contributed by atoms with E-state index in [4.69, 9.17) is 30.8 Å². The number of carbonyl (C=O) groups excluding carboxylic acids is 1. The summed E-state index contributed by atoms with van der Waals surface area (Å²) in [6.45, 7) is 4.63. The van der Waals surface area contributed by atoms with Crippen LogP contribution in [0.25, 0.3) is 32.9 Å². The maximum absolute atomic E-state index is 16.9. The predicted molar refractivity (Wildman–Crippen MR) is 187 cm³/mol. The molecular weight excluding hydrogens is 666 g/mol. The molecule has 1 amide bonds. The van der Waals surface area contributed by atoms with Crippen LogP contribution < -0.4 is 9.64 Å². The molecule has 13 heteroatoms. The molecule has 2 bridgehead atoms. The van der Waals surface area contributed by atoms with E-state index in [9.17, 15) is 9.18 Å². The molecule has 4 aliphatic rings. The number of hydrogen-bond donors (Lipinski definition) is 0. The third-order valence-corrected chi connectivity index (χ3v) is 11.4. The number of amides is 1. The number of methoxy groups -OCH3 is 1. The van der Waals surface area contributed by atoms with Gasteiger partial charge in [-0.15, -0.1) is 0 Å². The number of unbranched alkanes of at least 4 members (excludes halogenated alkanes) is 1. The van der Waals surface area contributed by atoms with Crippen molar-refractivity contribution < 1.29 is 27.8 Å². The second-order valence-corrected chi connectivity index (χ2v) is 14.4. The largest absolute Gasteiger partial charge is 0.461 e. The minimum absolute atomic E-state index is 0.0140. The Morgan fingerprint density at radius 1 is 1.14 bits per heavy atom. The Labute approximate surface area is 294 Å². The van der Waals surface area contributed by atoms with E-state index < -0.39 is 17.5 Å². The van der Waals surface area contributed by atoms with Crippen molar-refractivity contribution in [3.63, 3.8) is 0 Å². The fraction of sp³-hybridized carbons (Fsp3) is 0.514. The quantitative estimate of drug-likeness (QED) is 0.174. The molecule has 0 N–H and O–H groups in total. The number of ether oxygens (including phenoxy) is 3. The Hall–Kier alpha value is -3.87. The van der Waals surface area contributed by atoms with Crippen molar-refractivity contribution >= 4 is 45.2 Å². The van der Waals surface area contributed by atoms with Gasteiger partial charge >= 0.3 is 12.1 Å². The van der Waals surface area contributed by atoms with E-state index in [1.807, 2.05) is 36.1 Å². The standard InChI is InChI=1S/C37H41ClF2N6O4/c1-3-4-14-49-36(47)46-24-15-29(48-2)28(46)20-44(19-24)34-26-17-41-32(25-10-5-8-22-9-6-11-27(38)30(22)25)31(40)33(26)42-35(43-34)50-21-37-12-7-13-45(37)18-23(39)16-37/h5-6,8-11,17,23-24,28-29H,3-4,7,12-16,18-21H2,1-2H3/t23?,24-,28-,29-,37?/m1/s1. The van der Waals surface area contributed by atoms with Gasteiger partial charge in [0, 0.05) is 55.3 Å². The topological polar surface area (TPSA) is 93.1 Å². The minimum atomic E-state index is -0.917. The molecule has 5 atom stereocenters. The number of benzene rings is 2. The van der Waals surface area contributed by atoms with Gasteiger partial charge in [-0.25, -0.2) is 13.6 Å². The fourth-order valence-electron chi connectivity index (χ4n) is 8.66. The molecule has 10 nitrogen and oxygen atoms in total. The first-order valence-corrected chi connectivity index (χ1v) is 18.0. The van der Waals surface area contributed by atoms with E-state index in [1.165, 1.54) is 0 Å². The zero-order chi connectivity index (χ0) is 34.6. The summed E-state index contributed by atoms with van der Waals surface area (Å²) < 4.78 is 49.3. The molecule has 8 rings (SSSR count). The fourth-order valence-corrected chi connectivity index (χ4v) is 8.94. The maximum Gasteiger partial charge on any atom is 0.410 e. The lowest BCUT2D eigenvalue weighted by molar-refractivity contribution is 0.0455. The van der Waals surface area contributed by atoms with Gasteiger partial charge in [0.05, 0.1) is 35.7 Å². The van der Waals surface area contributed by atoms with E-state index in [2.05, 4.69) is 14.9 Å². The van der Waals surface area contributed by atoms with Crippen LogP contribution >= 0.6 is 11.6 Å². The summed E-state index contributed by atoms with van der Waals surface area (Å²) in [5.41, 5.74) is 0.287. The molecule has 4 aliphatic heterocycles. The summed E-state index contributed by atoms with van der Waals surface area (Å²) in [5, 5.41) is 2.47. The Kier molecular flexibility index (Phi) is 8.89. The lowest BCUT2D eigenvalue weighted by Gasteiger charge is -2.41. The van der Waals surface area contributed by atoms with Crippen molar-refractivity contribution in [2.75, 3.05) is 51.4 Å². The molecule has 0 radical (unpaired) electrons. The number of fused-ring (bicyclic) bond motifs is 5. The number of aromatic nitrogens is 3. The highest BCUT2D eigenvalue weighted by Gasteiger charge is 2.51. The smallest absolute Gasteiger partial charge is 0.410 e. The van der Waals surface area contributed by atoms with E-state index in [1.54, 1.807) is 30.3 Å². The van der Waals surface area contributed by atoms with Crippen LogP contribution in [0.5, 0.6) is 6.01 Å². The Morgan fingerprint density at radius 2 is 1.98 bits per heavy atom. The van der Waals surface area contributed by atoms with Gasteiger partial charge in [-0.3, -0.25) is 14.8 Å². The number of pyridine rings is 1. The van der Waals surface area contributed by atoms with E-state index in [-0.39, 0.29) is 48.1 Å². The van der Waals surface area contributed by atoms with Crippen LogP contribution in [-0.4, -0.2) is 107 Å². The van der Waals surface area contributed by atoms with Gasteiger partial charge in [-0.05, 0) is 43.7 Å². The molecule has 0 saturated carbocycles. The molecule has 0 spiro atoms. The SMILES string of the molecule is CCCCOC(=O)N1[C@@H]2C[C@@H](OC)[C@H]1CN(c1nc(OCC34CCCN3CC(F)C4)nc3c(F)c(-c4cccc5cccc(Cl)c45)ncc13)C2. The molecule has 264 valence electrons. The Bertz CT molecular complexity index is 1930. The van der Waals surface area contributed by atoms with Crippen LogP contribution in [0.3, 0.4) is 0 Å². The average molecular weight is 707 g/mol. The number of anilines is 1.